The highest BCUT2D eigenvalue weighted by atomic mass is 35.5. The van der Waals surface area contributed by atoms with Crippen LogP contribution in [-0.2, 0) is 9.59 Å². The molecule has 7 nitrogen and oxygen atoms in total. The van der Waals surface area contributed by atoms with Crippen molar-refractivity contribution in [3.05, 3.63) is 135 Å². The average Bonchev–Trinajstić information content (AvgIpc) is 3.52. The van der Waals surface area contributed by atoms with Crippen LogP contribution in [0.3, 0.4) is 0 Å². The summed E-state index contributed by atoms with van der Waals surface area (Å²) in [5.41, 5.74) is 3.32. The lowest BCUT2D eigenvalue weighted by Gasteiger charge is -2.13. The van der Waals surface area contributed by atoms with Gasteiger partial charge < -0.3 is 16.0 Å². The van der Waals surface area contributed by atoms with E-state index in [1.54, 1.807) is 61.5 Å². The quantitative estimate of drug-likeness (QED) is 0.102. The summed E-state index contributed by atoms with van der Waals surface area (Å²) in [6, 6.07) is 30.3. The lowest BCUT2D eigenvalue weighted by atomic mass is 10.1. The molecular weight excluding hydrogens is 647 g/mol. The fourth-order valence-corrected chi connectivity index (χ4v) is 5.95. The van der Waals surface area contributed by atoms with Gasteiger partial charge in [0, 0.05) is 27.1 Å². The molecule has 1 heterocycles. The van der Waals surface area contributed by atoms with Crippen LogP contribution in [0.5, 0.6) is 0 Å². The summed E-state index contributed by atoms with van der Waals surface area (Å²) in [4.78, 5) is 44.3. The molecule has 0 aliphatic heterocycles. The fourth-order valence-electron chi connectivity index (χ4n) is 4.06. The minimum Gasteiger partial charge on any atom is -0.321 e. The van der Waals surface area contributed by atoms with E-state index in [9.17, 15) is 14.4 Å². The van der Waals surface area contributed by atoms with Gasteiger partial charge in [0.15, 0.2) is 5.13 Å². The van der Waals surface area contributed by atoms with Crippen molar-refractivity contribution in [2.45, 2.75) is 17.1 Å². The first-order valence-corrected chi connectivity index (χ1v) is 16.2. The monoisotopic (exact) mass is 672 g/mol. The predicted molar refractivity (Wildman–Crippen MR) is 185 cm³/mol. The van der Waals surface area contributed by atoms with Crippen molar-refractivity contribution in [3.63, 3.8) is 0 Å². The second-order valence-electron chi connectivity index (χ2n) is 9.68. The van der Waals surface area contributed by atoms with Crippen molar-refractivity contribution in [2.75, 3.05) is 10.6 Å². The van der Waals surface area contributed by atoms with E-state index in [1.165, 1.54) is 23.1 Å². The number of thioether (sulfide) groups is 1. The Hall–Kier alpha value is -4.41. The molecule has 0 aliphatic carbocycles. The number of halogens is 2. The standard InChI is InChI=1S/C34H26Cl2N4O3S2/c1-21(31(41)40-34-39-30(20-44-34)24-12-17-27(35)28(36)19-24)45-26-15-13-25(14-16-26)37-33(43)29(18-22-8-4-2-5-9-22)38-32(42)23-10-6-3-7-11-23/h2-21H,1H3,(H,37,43)(H,38,42)(H,39,40,41)/b29-18-. The Morgan fingerprint density at radius 1 is 0.844 bits per heavy atom. The molecule has 0 radical (unpaired) electrons. The van der Waals surface area contributed by atoms with Gasteiger partial charge in [-0.15, -0.1) is 23.1 Å². The lowest BCUT2D eigenvalue weighted by molar-refractivity contribution is -0.115. The zero-order valence-corrected chi connectivity index (χ0v) is 26.9. The van der Waals surface area contributed by atoms with Crippen LogP contribution in [0.15, 0.2) is 119 Å². The Morgan fingerprint density at radius 3 is 2.22 bits per heavy atom. The zero-order chi connectivity index (χ0) is 31.8. The minimum absolute atomic E-state index is 0.100. The first-order valence-electron chi connectivity index (χ1n) is 13.7. The van der Waals surface area contributed by atoms with Crippen molar-refractivity contribution in [3.8, 4) is 11.3 Å². The highest BCUT2D eigenvalue weighted by molar-refractivity contribution is 8.00. The van der Waals surface area contributed by atoms with Gasteiger partial charge in [-0.3, -0.25) is 14.4 Å². The molecule has 1 aromatic heterocycles. The number of aromatic nitrogens is 1. The number of benzene rings is 4. The fraction of sp³-hybridized carbons (Fsp3) is 0.0588. The number of hydrogen-bond donors (Lipinski definition) is 3. The molecule has 3 amide bonds. The minimum atomic E-state index is -0.472. The number of carbonyl (C=O) groups excluding carboxylic acids is 3. The topological polar surface area (TPSA) is 100 Å². The summed E-state index contributed by atoms with van der Waals surface area (Å²) >= 11 is 14.8. The maximum absolute atomic E-state index is 13.3. The summed E-state index contributed by atoms with van der Waals surface area (Å²) in [6.45, 7) is 1.80. The van der Waals surface area contributed by atoms with Gasteiger partial charge >= 0.3 is 0 Å². The maximum Gasteiger partial charge on any atom is 0.272 e. The third-order valence-corrected chi connectivity index (χ3v) is 8.99. The smallest absolute Gasteiger partial charge is 0.272 e. The van der Waals surface area contributed by atoms with Crippen molar-refractivity contribution < 1.29 is 14.4 Å². The number of nitrogens with zero attached hydrogens (tertiary/aromatic N) is 1. The molecule has 11 heteroatoms. The highest BCUT2D eigenvalue weighted by Gasteiger charge is 2.18. The van der Waals surface area contributed by atoms with E-state index in [4.69, 9.17) is 23.2 Å². The number of anilines is 2. The van der Waals surface area contributed by atoms with Crippen molar-refractivity contribution in [2.24, 2.45) is 0 Å². The van der Waals surface area contributed by atoms with Gasteiger partial charge in [0.1, 0.15) is 5.70 Å². The van der Waals surface area contributed by atoms with E-state index in [-0.39, 0.29) is 11.6 Å². The van der Waals surface area contributed by atoms with Crippen LogP contribution in [0.1, 0.15) is 22.8 Å². The number of rotatable bonds is 10. The van der Waals surface area contributed by atoms with Gasteiger partial charge in [0.2, 0.25) is 5.91 Å². The molecule has 5 aromatic rings. The van der Waals surface area contributed by atoms with Crippen LogP contribution in [0.25, 0.3) is 17.3 Å². The number of hydrogen-bond acceptors (Lipinski definition) is 6. The van der Waals surface area contributed by atoms with Gasteiger partial charge in [-0.2, -0.15) is 0 Å². The van der Waals surface area contributed by atoms with Gasteiger partial charge in [-0.05, 0) is 67.1 Å². The third kappa shape index (κ3) is 8.83. The molecule has 45 heavy (non-hydrogen) atoms. The molecule has 0 bridgehead atoms. The second-order valence-corrected chi connectivity index (χ2v) is 12.8. The Balaban J connectivity index is 1.20. The Morgan fingerprint density at radius 2 is 1.53 bits per heavy atom. The Labute approximate surface area is 278 Å². The molecule has 3 N–H and O–H groups in total. The number of nitrogens with one attached hydrogen (secondary N) is 3. The molecule has 1 atom stereocenters. The molecule has 0 aliphatic rings. The van der Waals surface area contributed by atoms with Gasteiger partial charge in [0.05, 0.1) is 21.0 Å². The second kappa shape index (κ2) is 15.0. The van der Waals surface area contributed by atoms with Crippen molar-refractivity contribution >= 4 is 80.9 Å². The molecule has 0 saturated heterocycles. The predicted octanol–water partition coefficient (Wildman–Crippen LogP) is 8.65. The summed E-state index contributed by atoms with van der Waals surface area (Å²) in [5, 5.41) is 11.2. The molecule has 0 saturated carbocycles. The molecule has 226 valence electrons. The van der Waals surface area contributed by atoms with Crippen LogP contribution in [0.2, 0.25) is 10.0 Å². The van der Waals surface area contributed by atoms with Gasteiger partial charge in [0.25, 0.3) is 11.8 Å². The van der Waals surface area contributed by atoms with Gasteiger partial charge in [-0.1, -0.05) is 77.8 Å². The van der Waals surface area contributed by atoms with Crippen molar-refractivity contribution in [1.82, 2.24) is 10.3 Å². The normalized spacial score (nSPS) is 11.8. The zero-order valence-electron chi connectivity index (χ0n) is 23.8. The lowest BCUT2D eigenvalue weighted by Crippen LogP contribution is -2.30. The molecule has 5 rings (SSSR count). The third-order valence-electron chi connectivity index (χ3n) is 6.38. The van der Waals surface area contributed by atoms with E-state index < -0.39 is 17.1 Å². The first kappa shape index (κ1) is 32.0. The average molecular weight is 674 g/mol. The van der Waals surface area contributed by atoms with E-state index >= 15 is 0 Å². The van der Waals surface area contributed by atoms with Crippen LogP contribution in [0.4, 0.5) is 10.8 Å². The number of thiazole rings is 1. The molecule has 4 aromatic carbocycles. The molecular formula is C34H26Cl2N4O3S2. The van der Waals surface area contributed by atoms with E-state index in [1.807, 2.05) is 60.0 Å². The van der Waals surface area contributed by atoms with Crippen LogP contribution >= 0.6 is 46.3 Å². The van der Waals surface area contributed by atoms with E-state index in [0.717, 1.165) is 16.0 Å². The van der Waals surface area contributed by atoms with Crippen LogP contribution < -0.4 is 16.0 Å². The number of amides is 3. The first-order chi connectivity index (χ1) is 21.7. The van der Waals surface area contributed by atoms with Crippen LogP contribution in [0, 0.1) is 0 Å². The summed E-state index contributed by atoms with van der Waals surface area (Å²) in [5.74, 6) is -1.06. The highest BCUT2D eigenvalue weighted by Crippen LogP contribution is 2.31. The molecule has 0 fully saturated rings. The summed E-state index contributed by atoms with van der Waals surface area (Å²) in [6.07, 6.45) is 1.62. The maximum atomic E-state index is 13.3. The largest absolute Gasteiger partial charge is 0.321 e. The number of carbonyl (C=O) groups is 3. The van der Waals surface area contributed by atoms with Gasteiger partial charge in [-0.25, -0.2) is 4.98 Å². The Kier molecular flexibility index (Phi) is 10.7. The van der Waals surface area contributed by atoms with Crippen molar-refractivity contribution in [1.29, 1.82) is 0 Å². The summed E-state index contributed by atoms with van der Waals surface area (Å²) < 4.78 is 0. The SMILES string of the molecule is CC(Sc1ccc(NC(=O)/C(=C/c2ccccc2)NC(=O)c2ccccc2)cc1)C(=O)Nc1nc(-c2ccc(Cl)c(Cl)c2)cs1. The molecule has 1 unspecified atom stereocenters. The van der Waals surface area contributed by atoms with Crippen LogP contribution in [-0.4, -0.2) is 28.0 Å². The summed E-state index contributed by atoms with van der Waals surface area (Å²) in [7, 11) is 0. The Bertz CT molecular complexity index is 1850. The van der Waals surface area contributed by atoms with E-state index in [2.05, 4.69) is 20.9 Å². The molecule has 0 spiro atoms. The van der Waals surface area contributed by atoms with E-state index in [0.29, 0.717) is 32.1 Å².